The predicted molar refractivity (Wildman–Crippen MR) is 123 cm³/mol. The first-order valence-electron chi connectivity index (χ1n) is 10.0. The van der Waals surface area contributed by atoms with Crippen LogP contribution in [0.3, 0.4) is 0 Å². The fourth-order valence-corrected chi connectivity index (χ4v) is 3.72. The molecule has 0 fully saturated rings. The molecule has 0 aromatic heterocycles. The molecule has 15 heteroatoms. The van der Waals surface area contributed by atoms with Gasteiger partial charge in [-0.25, -0.2) is 18.3 Å². The maximum absolute atomic E-state index is 13.4. The lowest BCUT2D eigenvalue weighted by atomic mass is 10.1. The van der Waals surface area contributed by atoms with Gasteiger partial charge in [0.05, 0.1) is 18.4 Å². The molecule has 9 nitrogen and oxygen atoms in total. The van der Waals surface area contributed by atoms with Gasteiger partial charge in [-0.1, -0.05) is 6.07 Å². The van der Waals surface area contributed by atoms with Crippen LogP contribution in [0.5, 0.6) is 5.75 Å². The van der Waals surface area contributed by atoms with Crippen molar-refractivity contribution in [1.82, 2.24) is 4.72 Å². The lowest BCUT2D eigenvalue weighted by Gasteiger charge is -2.15. The van der Waals surface area contributed by atoms with Gasteiger partial charge in [-0.2, -0.15) is 21.6 Å². The summed E-state index contributed by atoms with van der Waals surface area (Å²) in [5.74, 6) is -3.20. The molecule has 0 bridgehead atoms. The van der Waals surface area contributed by atoms with E-state index in [1.807, 2.05) is 10.0 Å². The second-order valence-corrected chi connectivity index (χ2v) is 8.65. The van der Waals surface area contributed by atoms with Gasteiger partial charge in [0.15, 0.2) is 11.6 Å². The summed E-state index contributed by atoms with van der Waals surface area (Å²) in [5, 5.41) is 4.27. The summed E-state index contributed by atoms with van der Waals surface area (Å²) in [7, 11) is -3.48. The lowest BCUT2D eigenvalue weighted by Crippen LogP contribution is -2.38. The molecule has 0 aliphatic heterocycles. The number of hydrogen-bond donors (Lipinski definition) is 4. The summed E-state index contributed by atoms with van der Waals surface area (Å²) in [4.78, 5) is 24.6. The third kappa shape index (κ3) is 7.30. The number of halogens is 5. The maximum Gasteiger partial charge on any atom is 0.416 e. The topological polar surface area (TPSA) is 126 Å². The van der Waals surface area contributed by atoms with Crippen LogP contribution < -0.4 is 24.8 Å². The van der Waals surface area contributed by atoms with Crippen LogP contribution in [0.25, 0.3) is 0 Å². The van der Waals surface area contributed by atoms with E-state index in [9.17, 15) is 40.0 Å². The predicted octanol–water partition coefficient (Wildman–Crippen LogP) is 4.72. The van der Waals surface area contributed by atoms with E-state index < -0.39 is 45.5 Å². The molecule has 0 aliphatic rings. The van der Waals surface area contributed by atoms with E-state index in [4.69, 9.17) is 4.74 Å². The molecule has 196 valence electrons. The molecule has 0 heterocycles. The zero-order valence-electron chi connectivity index (χ0n) is 18.6. The Bertz CT molecular complexity index is 1450. The molecular weight excluding hydrogens is 527 g/mol. The number of nitrogens with one attached hydrogen (secondary N) is 4. The Morgan fingerprint density at radius 1 is 0.865 bits per heavy atom. The number of hydrogen-bond acceptors (Lipinski definition) is 5. The molecule has 0 saturated carbocycles. The van der Waals surface area contributed by atoms with Crippen molar-refractivity contribution in [1.29, 1.82) is 0 Å². The van der Waals surface area contributed by atoms with Crippen LogP contribution in [-0.2, 0) is 16.4 Å². The van der Waals surface area contributed by atoms with Crippen molar-refractivity contribution in [2.75, 3.05) is 22.5 Å². The van der Waals surface area contributed by atoms with Gasteiger partial charge in [-0.05, 0) is 48.5 Å². The normalized spacial score (nSPS) is 11.4. The number of anilines is 3. The highest BCUT2D eigenvalue weighted by molar-refractivity contribution is 7.91. The average Bonchev–Trinajstić information content (AvgIpc) is 2.80. The van der Waals surface area contributed by atoms with E-state index in [0.29, 0.717) is 6.07 Å². The monoisotopic (exact) mass is 544 g/mol. The average molecular weight is 544 g/mol. The highest BCUT2D eigenvalue weighted by atomic mass is 32.2. The van der Waals surface area contributed by atoms with Crippen molar-refractivity contribution in [2.24, 2.45) is 0 Å². The van der Waals surface area contributed by atoms with E-state index >= 15 is 0 Å². The summed E-state index contributed by atoms with van der Waals surface area (Å²) in [6, 6.07) is 8.30. The summed E-state index contributed by atoms with van der Waals surface area (Å²) in [6.07, 6.45) is -4.68. The molecule has 3 amide bonds. The Balaban J connectivity index is 1.74. The molecule has 3 aromatic carbocycles. The minimum Gasteiger partial charge on any atom is -0.495 e. The van der Waals surface area contributed by atoms with Crippen LogP contribution in [0.2, 0.25) is 0 Å². The van der Waals surface area contributed by atoms with Gasteiger partial charge < -0.3 is 15.4 Å². The van der Waals surface area contributed by atoms with Crippen LogP contribution >= 0.6 is 0 Å². The molecule has 0 aliphatic carbocycles. The van der Waals surface area contributed by atoms with Crippen molar-refractivity contribution in [3.05, 3.63) is 83.4 Å². The van der Waals surface area contributed by atoms with Crippen molar-refractivity contribution in [3.8, 4) is 5.75 Å². The smallest absolute Gasteiger partial charge is 0.416 e. The first kappa shape index (κ1) is 27.2. The van der Waals surface area contributed by atoms with Gasteiger partial charge >= 0.3 is 22.4 Å². The molecule has 0 unspecified atom stereocenters. The van der Waals surface area contributed by atoms with E-state index in [1.54, 1.807) is 4.72 Å². The molecule has 3 aromatic rings. The highest BCUT2D eigenvalue weighted by Gasteiger charge is 2.30. The van der Waals surface area contributed by atoms with Gasteiger partial charge in [-0.15, -0.1) is 0 Å². The van der Waals surface area contributed by atoms with Crippen molar-refractivity contribution in [3.63, 3.8) is 0 Å². The van der Waals surface area contributed by atoms with Crippen molar-refractivity contribution in [2.45, 2.75) is 6.18 Å². The molecule has 0 atom stereocenters. The second kappa shape index (κ2) is 10.7. The van der Waals surface area contributed by atoms with E-state index in [2.05, 4.69) is 5.32 Å². The number of benzene rings is 3. The largest absolute Gasteiger partial charge is 0.495 e. The van der Waals surface area contributed by atoms with E-state index in [1.165, 1.54) is 19.2 Å². The van der Waals surface area contributed by atoms with E-state index in [0.717, 1.165) is 42.5 Å². The summed E-state index contributed by atoms with van der Waals surface area (Å²) >= 11 is 0. The minimum atomic E-state index is -4.68. The first-order valence-corrected chi connectivity index (χ1v) is 11.5. The van der Waals surface area contributed by atoms with Crippen molar-refractivity contribution >= 4 is 39.2 Å². The summed E-state index contributed by atoms with van der Waals surface area (Å²) in [6.45, 7) is 0. The van der Waals surface area contributed by atoms with Crippen LogP contribution in [0.1, 0.15) is 15.9 Å². The number of rotatable bonds is 7. The number of ether oxygens (including phenoxy) is 1. The summed E-state index contributed by atoms with van der Waals surface area (Å²) in [5.41, 5.74) is -1.88. The van der Waals surface area contributed by atoms with Crippen LogP contribution in [0.4, 0.5) is 43.8 Å². The van der Waals surface area contributed by atoms with Crippen molar-refractivity contribution < 1.29 is 44.7 Å². The van der Waals surface area contributed by atoms with Crippen LogP contribution in [0, 0.1) is 11.6 Å². The fourth-order valence-electron chi connectivity index (χ4n) is 2.93. The number of urea groups is 1. The SMILES string of the molecule is COc1ccc(C(=O)Nc2ccc(F)c(F)c2)cc1NS(=O)(=O)NC(=O)Nc1cccc(C(F)(F)F)c1. The Morgan fingerprint density at radius 2 is 1.57 bits per heavy atom. The third-order valence-electron chi connectivity index (χ3n) is 4.56. The quantitative estimate of drug-likeness (QED) is 0.320. The Kier molecular flexibility index (Phi) is 7.86. The molecule has 0 spiro atoms. The van der Waals surface area contributed by atoms with Gasteiger partial charge in [-0.3, -0.25) is 9.52 Å². The molecule has 37 heavy (non-hydrogen) atoms. The van der Waals surface area contributed by atoms with Gasteiger partial charge in [0, 0.05) is 23.0 Å². The van der Waals surface area contributed by atoms with Crippen LogP contribution in [0.15, 0.2) is 60.7 Å². The molecule has 0 saturated heterocycles. The zero-order valence-corrected chi connectivity index (χ0v) is 19.4. The number of carbonyl (C=O) groups excluding carboxylic acids is 2. The van der Waals surface area contributed by atoms with Gasteiger partial charge in [0.1, 0.15) is 5.75 Å². The highest BCUT2D eigenvalue weighted by Crippen LogP contribution is 2.31. The van der Waals surface area contributed by atoms with Gasteiger partial charge in [0.2, 0.25) is 0 Å². The molecule has 4 N–H and O–H groups in total. The fraction of sp³-hybridized carbons (Fsp3) is 0.0909. The molecule has 0 radical (unpaired) electrons. The maximum atomic E-state index is 13.4. The first-order chi connectivity index (χ1) is 17.3. The van der Waals surface area contributed by atoms with E-state index in [-0.39, 0.29) is 28.4 Å². The minimum absolute atomic E-state index is 0.0620. The van der Waals surface area contributed by atoms with Crippen LogP contribution in [-0.4, -0.2) is 27.5 Å². The Morgan fingerprint density at radius 3 is 2.22 bits per heavy atom. The Labute approximate surface area is 206 Å². The number of amides is 3. The number of methoxy groups -OCH3 is 1. The number of alkyl halides is 3. The third-order valence-corrected chi connectivity index (χ3v) is 5.50. The standard InChI is InChI=1S/C22H17F5N4O5S/c1-36-19-8-5-12(20(32)28-15-6-7-16(23)17(24)11-15)9-18(19)30-37(34,35)31-21(33)29-14-4-2-3-13(10-14)22(25,26)27/h2-11,30H,1H3,(H,28,32)(H2,29,31,33). The molecular formula is C22H17F5N4O5S. The summed E-state index contributed by atoms with van der Waals surface area (Å²) < 4.78 is 98.4. The molecule has 3 rings (SSSR count). The zero-order chi connectivity index (χ0) is 27.4. The second-order valence-electron chi connectivity index (χ2n) is 7.24. The lowest BCUT2D eigenvalue weighted by molar-refractivity contribution is -0.137. The Hall–Kier alpha value is -4.40. The number of carbonyl (C=O) groups is 2. The van der Waals surface area contributed by atoms with Gasteiger partial charge in [0.25, 0.3) is 5.91 Å².